The van der Waals surface area contributed by atoms with E-state index in [-0.39, 0.29) is 17.8 Å². The molecule has 1 aliphatic heterocycles. The minimum Gasteiger partial charge on any atom is -0.327 e. The zero-order valence-electron chi connectivity index (χ0n) is 12.6. The standard InChI is InChI=1S/C17H26N2.ClH/c1-17(2)12-19(11-10-16(17)18)15-9-5-7-13-6-3-4-8-14(13)15;/h3-4,6,8,15-16H,5,7,9-12,18H2,1-2H3;1H. The molecule has 1 saturated heterocycles. The molecule has 1 aromatic carbocycles. The van der Waals surface area contributed by atoms with Crippen molar-refractivity contribution in [1.82, 2.24) is 4.90 Å². The third-order valence-electron chi connectivity index (χ3n) is 5.12. The quantitative estimate of drug-likeness (QED) is 0.858. The van der Waals surface area contributed by atoms with Gasteiger partial charge in [-0.25, -0.2) is 0 Å². The number of nitrogens with zero attached hydrogens (tertiary/aromatic N) is 1. The second kappa shape index (κ2) is 6.05. The highest BCUT2D eigenvalue weighted by atomic mass is 35.5. The number of aryl methyl sites for hydroxylation is 1. The molecule has 1 aromatic rings. The van der Waals surface area contributed by atoms with Gasteiger partial charge in [0.1, 0.15) is 0 Å². The van der Waals surface area contributed by atoms with Gasteiger partial charge in [-0.1, -0.05) is 38.1 Å². The zero-order chi connectivity index (χ0) is 13.5. The maximum Gasteiger partial charge on any atom is 0.0351 e. The smallest absolute Gasteiger partial charge is 0.0351 e. The van der Waals surface area contributed by atoms with Crippen LogP contribution in [0.5, 0.6) is 0 Å². The number of nitrogens with two attached hydrogens (primary N) is 1. The first kappa shape index (κ1) is 15.8. The second-order valence-electron chi connectivity index (χ2n) is 6.96. The van der Waals surface area contributed by atoms with Crippen LogP contribution in [-0.2, 0) is 6.42 Å². The van der Waals surface area contributed by atoms with E-state index in [0.29, 0.717) is 12.1 Å². The summed E-state index contributed by atoms with van der Waals surface area (Å²) in [6.45, 7) is 6.92. The molecule has 0 aromatic heterocycles. The van der Waals surface area contributed by atoms with Crippen molar-refractivity contribution in [2.45, 2.75) is 51.6 Å². The van der Waals surface area contributed by atoms with E-state index in [1.54, 1.807) is 11.1 Å². The summed E-state index contributed by atoms with van der Waals surface area (Å²) >= 11 is 0. The maximum atomic E-state index is 6.27. The normalized spacial score (nSPS) is 29.4. The lowest BCUT2D eigenvalue weighted by Crippen LogP contribution is -2.53. The van der Waals surface area contributed by atoms with Crippen molar-refractivity contribution in [1.29, 1.82) is 0 Å². The van der Waals surface area contributed by atoms with Crippen molar-refractivity contribution in [2.24, 2.45) is 11.1 Å². The third kappa shape index (κ3) is 2.88. The Bertz CT molecular complexity index is 458. The first-order valence-electron chi connectivity index (χ1n) is 7.65. The predicted octanol–water partition coefficient (Wildman–Crippen LogP) is 3.55. The van der Waals surface area contributed by atoms with Crippen molar-refractivity contribution in [3.8, 4) is 0 Å². The van der Waals surface area contributed by atoms with E-state index in [2.05, 4.69) is 43.0 Å². The maximum absolute atomic E-state index is 6.27. The number of fused-ring (bicyclic) bond motifs is 1. The van der Waals surface area contributed by atoms with Crippen LogP contribution >= 0.6 is 12.4 Å². The Morgan fingerprint density at radius 1 is 1.20 bits per heavy atom. The Hall–Kier alpha value is -0.570. The summed E-state index contributed by atoms with van der Waals surface area (Å²) in [5.41, 5.74) is 9.64. The molecule has 1 aliphatic carbocycles. The molecule has 2 atom stereocenters. The Labute approximate surface area is 129 Å². The van der Waals surface area contributed by atoms with Gasteiger partial charge in [-0.05, 0) is 42.2 Å². The molecular weight excluding hydrogens is 268 g/mol. The van der Waals surface area contributed by atoms with Gasteiger partial charge >= 0.3 is 0 Å². The molecule has 112 valence electrons. The van der Waals surface area contributed by atoms with E-state index in [0.717, 1.165) is 19.5 Å². The van der Waals surface area contributed by atoms with Gasteiger partial charge in [-0.15, -0.1) is 12.4 Å². The molecule has 2 aliphatic rings. The summed E-state index contributed by atoms with van der Waals surface area (Å²) in [4.78, 5) is 2.68. The van der Waals surface area contributed by atoms with Crippen molar-refractivity contribution < 1.29 is 0 Å². The molecular formula is C17H27ClN2. The van der Waals surface area contributed by atoms with Gasteiger partial charge in [-0.2, -0.15) is 0 Å². The Morgan fingerprint density at radius 3 is 2.70 bits per heavy atom. The molecule has 2 N–H and O–H groups in total. The van der Waals surface area contributed by atoms with Crippen LogP contribution in [0.4, 0.5) is 0 Å². The fourth-order valence-corrected chi connectivity index (χ4v) is 3.79. The van der Waals surface area contributed by atoms with Crippen molar-refractivity contribution in [2.75, 3.05) is 13.1 Å². The second-order valence-corrected chi connectivity index (χ2v) is 6.96. The third-order valence-corrected chi connectivity index (χ3v) is 5.12. The van der Waals surface area contributed by atoms with E-state index >= 15 is 0 Å². The Balaban J connectivity index is 0.00000147. The van der Waals surface area contributed by atoms with Crippen LogP contribution in [0.3, 0.4) is 0 Å². The number of benzene rings is 1. The van der Waals surface area contributed by atoms with Crippen molar-refractivity contribution in [3.63, 3.8) is 0 Å². The average molecular weight is 295 g/mol. The number of piperidine rings is 1. The molecule has 0 bridgehead atoms. The summed E-state index contributed by atoms with van der Waals surface area (Å²) in [6, 6.07) is 9.98. The van der Waals surface area contributed by atoms with Crippen LogP contribution in [0, 0.1) is 5.41 Å². The molecule has 20 heavy (non-hydrogen) atoms. The van der Waals surface area contributed by atoms with Gasteiger partial charge in [0, 0.05) is 25.2 Å². The van der Waals surface area contributed by atoms with Crippen LogP contribution in [0.2, 0.25) is 0 Å². The van der Waals surface area contributed by atoms with Crippen molar-refractivity contribution in [3.05, 3.63) is 35.4 Å². The molecule has 0 spiro atoms. The monoisotopic (exact) mass is 294 g/mol. The van der Waals surface area contributed by atoms with E-state index < -0.39 is 0 Å². The fraction of sp³-hybridized carbons (Fsp3) is 0.647. The largest absolute Gasteiger partial charge is 0.327 e. The lowest BCUT2D eigenvalue weighted by molar-refractivity contribution is 0.0540. The van der Waals surface area contributed by atoms with Crippen LogP contribution in [0.15, 0.2) is 24.3 Å². The molecule has 2 unspecified atom stereocenters. The highest BCUT2D eigenvalue weighted by molar-refractivity contribution is 5.85. The molecule has 0 saturated carbocycles. The Morgan fingerprint density at radius 2 is 1.95 bits per heavy atom. The number of hydrogen-bond donors (Lipinski definition) is 1. The first-order valence-corrected chi connectivity index (χ1v) is 7.65. The molecule has 2 nitrogen and oxygen atoms in total. The van der Waals surface area contributed by atoms with Crippen LogP contribution in [0.25, 0.3) is 0 Å². The van der Waals surface area contributed by atoms with E-state index in [1.807, 2.05) is 0 Å². The van der Waals surface area contributed by atoms with E-state index in [1.165, 1.54) is 19.3 Å². The van der Waals surface area contributed by atoms with Gasteiger partial charge in [0.05, 0.1) is 0 Å². The minimum absolute atomic E-state index is 0. The SMILES string of the molecule is CC1(C)CN(C2CCCc3ccccc32)CCC1N.Cl. The lowest BCUT2D eigenvalue weighted by Gasteiger charge is -2.47. The molecule has 0 amide bonds. The van der Waals surface area contributed by atoms with Gasteiger partial charge < -0.3 is 5.73 Å². The van der Waals surface area contributed by atoms with Gasteiger partial charge in [0.2, 0.25) is 0 Å². The summed E-state index contributed by atoms with van der Waals surface area (Å²) in [5, 5.41) is 0. The number of likely N-dealkylation sites (tertiary alicyclic amines) is 1. The van der Waals surface area contributed by atoms with Crippen LogP contribution in [-0.4, -0.2) is 24.0 Å². The zero-order valence-corrected chi connectivity index (χ0v) is 13.5. The highest BCUT2D eigenvalue weighted by Crippen LogP contribution is 2.38. The summed E-state index contributed by atoms with van der Waals surface area (Å²) < 4.78 is 0. The molecule has 0 radical (unpaired) electrons. The number of hydrogen-bond acceptors (Lipinski definition) is 2. The fourth-order valence-electron chi connectivity index (χ4n) is 3.79. The average Bonchev–Trinajstić information content (AvgIpc) is 2.41. The number of halogens is 1. The summed E-state index contributed by atoms with van der Waals surface area (Å²) in [6.07, 6.45) is 5.02. The molecule has 3 rings (SSSR count). The lowest BCUT2D eigenvalue weighted by atomic mass is 9.77. The van der Waals surface area contributed by atoms with E-state index in [9.17, 15) is 0 Å². The Kier molecular flexibility index (Phi) is 4.78. The van der Waals surface area contributed by atoms with Crippen molar-refractivity contribution >= 4 is 12.4 Å². The van der Waals surface area contributed by atoms with E-state index in [4.69, 9.17) is 5.73 Å². The predicted molar refractivity (Wildman–Crippen MR) is 87.3 cm³/mol. The molecule has 1 heterocycles. The number of rotatable bonds is 1. The van der Waals surface area contributed by atoms with Crippen LogP contribution in [0.1, 0.15) is 50.3 Å². The van der Waals surface area contributed by atoms with Crippen LogP contribution < -0.4 is 5.73 Å². The summed E-state index contributed by atoms with van der Waals surface area (Å²) in [5.74, 6) is 0. The van der Waals surface area contributed by atoms with Gasteiger partial charge in [0.15, 0.2) is 0 Å². The van der Waals surface area contributed by atoms with Gasteiger partial charge in [0.25, 0.3) is 0 Å². The summed E-state index contributed by atoms with van der Waals surface area (Å²) in [7, 11) is 0. The molecule has 3 heteroatoms. The molecule has 1 fully saturated rings. The topological polar surface area (TPSA) is 29.3 Å². The van der Waals surface area contributed by atoms with Gasteiger partial charge in [-0.3, -0.25) is 4.90 Å². The first-order chi connectivity index (χ1) is 9.08. The minimum atomic E-state index is 0. The highest BCUT2D eigenvalue weighted by Gasteiger charge is 2.37.